The first-order valence-electron chi connectivity index (χ1n) is 13.3. The number of aromatic nitrogens is 3. The number of pyridine rings is 1. The number of hydrogen-bond donors (Lipinski definition) is 0. The van der Waals surface area contributed by atoms with Crippen molar-refractivity contribution in [2.24, 2.45) is 7.05 Å². The molecule has 0 unspecified atom stereocenters. The molecule has 2 aromatic heterocycles. The maximum absolute atomic E-state index is 12.7. The number of hydrogen-bond acceptors (Lipinski definition) is 7. The average molecular weight is 564 g/mol. The lowest BCUT2D eigenvalue weighted by atomic mass is 9.91. The number of benzene rings is 1. The smallest absolute Gasteiger partial charge is 0.410 e. The van der Waals surface area contributed by atoms with E-state index < -0.39 is 17.7 Å². The maximum atomic E-state index is 12.7. The predicted octanol–water partition coefficient (Wildman–Crippen LogP) is 5.27. The number of carbonyl (C=O) groups is 2. The Balaban J connectivity index is 1.58. The summed E-state index contributed by atoms with van der Waals surface area (Å²) in [5.74, 6) is -0.402. The molecule has 210 valence electrons. The molecule has 3 aromatic rings. The molecule has 2 atom stereocenters. The molecule has 1 aliphatic carbocycles. The molecule has 0 N–H and O–H groups in total. The minimum atomic E-state index is -0.710. The second kappa shape index (κ2) is 11.1. The van der Waals surface area contributed by atoms with E-state index in [-0.39, 0.29) is 12.1 Å². The molecular weight excluding hydrogens is 530 g/mol. The Kier molecular flexibility index (Phi) is 7.70. The third-order valence-corrected chi connectivity index (χ3v) is 7.32. The van der Waals surface area contributed by atoms with Crippen molar-refractivity contribution >= 4 is 35.3 Å². The van der Waals surface area contributed by atoms with Crippen LogP contribution in [0, 0.1) is 0 Å². The largest absolute Gasteiger partial charge is 0.451 e. The lowest BCUT2D eigenvalue weighted by Crippen LogP contribution is -2.51. The number of esters is 1. The van der Waals surface area contributed by atoms with E-state index in [2.05, 4.69) is 9.88 Å². The Morgan fingerprint density at radius 2 is 1.88 bits per heavy atom. The van der Waals surface area contributed by atoms with Gasteiger partial charge in [-0.1, -0.05) is 23.7 Å². The molecule has 3 heterocycles. The van der Waals surface area contributed by atoms with Crippen LogP contribution in [0.5, 0.6) is 0 Å². The van der Waals surface area contributed by atoms with Gasteiger partial charge in [-0.2, -0.15) is 0 Å². The number of aryl methyl sites for hydroxylation is 1. The van der Waals surface area contributed by atoms with Gasteiger partial charge in [0.25, 0.3) is 0 Å². The summed E-state index contributed by atoms with van der Waals surface area (Å²) >= 11 is 6.57. The van der Waals surface area contributed by atoms with Gasteiger partial charge >= 0.3 is 12.1 Å². The summed E-state index contributed by atoms with van der Waals surface area (Å²) in [6, 6.07) is 9.54. The second-order valence-corrected chi connectivity index (χ2v) is 11.6. The van der Waals surface area contributed by atoms with Gasteiger partial charge in [-0.25, -0.2) is 9.78 Å². The Bertz CT molecular complexity index is 1450. The summed E-state index contributed by atoms with van der Waals surface area (Å²) in [5.41, 5.74) is 4.66. The molecule has 0 saturated carbocycles. The minimum absolute atomic E-state index is 0.206. The first-order chi connectivity index (χ1) is 19.0. The highest BCUT2D eigenvalue weighted by molar-refractivity contribution is 6.30. The number of fused-ring (bicyclic) bond motifs is 2. The average Bonchev–Trinajstić information content (AvgIpc) is 3.26. The van der Waals surface area contributed by atoms with E-state index in [1.165, 1.54) is 6.92 Å². The van der Waals surface area contributed by atoms with E-state index in [0.29, 0.717) is 31.2 Å². The SMILES string of the molecule is CC(=O)O[C@H](C1=Cc2cccnc2[C@@H](N2CCN(C(=O)OC(C)(C)C)CC2)c2ccc(Cl)cc21)c1cncn1C. The first-order valence-corrected chi connectivity index (χ1v) is 13.7. The summed E-state index contributed by atoms with van der Waals surface area (Å²) in [6.45, 7) is 9.34. The van der Waals surface area contributed by atoms with Gasteiger partial charge in [-0.05, 0) is 61.7 Å². The highest BCUT2D eigenvalue weighted by Gasteiger charge is 2.37. The summed E-state index contributed by atoms with van der Waals surface area (Å²) in [6.07, 6.45) is 6.21. The molecule has 40 heavy (non-hydrogen) atoms. The van der Waals surface area contributed by atoms with Crippen LogP contribution in [-0.4, -0.2) is 68.2 Å². The molecule has 0 bridgehead atoms. The van der Waals surface area contributed by atoms with Crippen molar-refractivity contribution in [3.63, 3.8) is 0 Å². The number of amides is 1. The zero-order valence-electron chi connectivity index (χ0n) is 23.4. The lowest BCUT2D eigenvalue weighted by molar-refractivity contribution is -0.144. The van der Waals surface area contributed by atoms with Crippen LogP contribution >= 0.6 is 11.6 Å². The van der Waals surface area contributed by atoms with Crippen molar-refractivity contribution in [2.45, 2.75) is 45.4 Å². The first kappa shape index (κ1) is 27.9. The standard InChI is InChI=1S/C30H34ClN5O4/c1-19(37)39-28(25-17-32-18-34(25)5)24-15-20-7-6-10-33-26(20)27(22-9-8-21(31)16-23(22)24)35-11-13-36(14-12-35)29(38)40-30(2,3)4/h6-10,15-18,27-28H,11-14H2,1-5H3/t27-,28+/m0/s1. The molecule has 2 aliphatic rings. The molecule has 1 aliphatic heterocycles. The lowest BCUT2D eigenvalue weighted by Gasteiger charge is -2.40. The van der Waals surface area contributed by atoms with Gasteiger partial charge in [0, 0.05) is 56.9 Å². The van der Waals surface area contributed by atoms with Crippen LogP contribution in [0.25, 0.3) is 11.6 Å². The minimum Gasteiger partial charge on any atom is -0.451 e. The number of carbonyl (C=O) groups excluding carboxylic acids is 2. The van der Waals surface area contributed by atoms with Crippen LogP contribution in [0.3, 0.4) is 0 Å². The van der Waals surface area contributed by atoms with Crippen LogP contribution in [0.4, 0.5) is 4.79 Å². The third-order valence-electron chi connectivity index (χ3n) is 7.08. The topological polar surface area (TPSA) is 89.8 Å². The fraction of sp³-hybridized carbons (Fsp3) is 0.400. The number of imidazole rings is 1. The Morgan fingerprint density at radius 1 is 1.12 bits per heavy atom. The summed E-state index contributed by atoms with van der Waals surface area (Å²) in [7, 11) is 1.87. The van der Waals surface area contributed by atoms with E-state index in [1.54, 1.807) is 23.6 Å². The van der Waals surface area contributed by atoms with Crippen molar-refractivity contribution in [3.05, 3.63) is 82.2 Å². The van der Waals surface area contributed by atoms with Crippen LogP contribution in [-0.2, 0) is 21.3 Å². The van der Waals surface area contributed by atoms with Crippen molar-refractivity contribution in [2.75, 3.05) is 26.2 Å². The molecule has 10 heteroatoms. The molecule has 0 spiro atoms. The van der Waals surface area contributed by atoms with Crippen molar-refractivity contribution in [1.29, 1.82) is 0 Å². The van der Waals surface area contributed by atoms with Crippen LogP contribution in [0.2, 0.25) is 5.02 Å². The number of nitrogens with zero attached hydrogens (tertiary/aromatic N) is 5. The highest BCUT2D eigenvalue weighted by atomic mass is 35.5. The van der Waals surface area contributed by atoms with Gasteiger partial charge in [-0.15, -0.1) is 0 Å². The van der Waals surface area contributed by atoms with E-state index in [1.807, 2.05) is 68.8 Å². The van der Waals surface area contributed by atoms with Crippen molar-refractivity contribution in [1.82, 2.24) is 24.3 Å². The molecule has 0 radical (unpaired) electrons. The van der Waals surface area contributed by atoms with Gasteiger partial charge in [0.05, 0.1) is 30.0 Å². The van der Waals surface area contributed by atoms with Crippen molar-refractivity contribution in [3.8, 4) is 0 Å². The predicted molar refractivity (Wildman–Crippen MR) is 152 cm³/mol. The zero-order chi connectivity index (χ0) is 28.6. The van der Waals surface area contributed by atoms with Crippen LogP contribution in [0.1, 0.15) is 67.9 Å². The Labute approximate surface area is 239 Å². The van der Waals surface area contributed by atoms with E-state index in [4.69, 9.17) is 26.1 Å². The zero-order valence-corrected chi connectivity index (χ0v) is 24.2. The third kappa shape index (κ3) is 5.76. The fourth-order valence-corrected chi connectivity index (χ4v) is 5.51. The van der Waals surface area contributed by atoms with E-state index in [9.17, 15) is 9.59 Å². The van der Waals surface area contributed by atoms with Gasteiger partial charge < -0.3 is 18.9 Å². The van der Waals surface area contributed by atoms with Gasteiger partial charge in [0.2, 0.25) is 0 Å². The normalized spacial score (nSPS) is 18.2. The Morgan fingerprint density at radius 3 is 2.52 bits per heavy atom. The fourth-order valence-electron chi connectivity index (χ4n) is 5.33. The monoisotopic (exact) mass is 563 g/mol. The number of piperazine rings is 1. The van der Waals surface area contributed by atoms with E-state index >= 15 is 0 Å². The molecule has 5 rings (SSSR count). The number of rotatable bonds is 4. The second-order valence-electron chi connectivity index (χ2n) is 11.1. The summed E-state index contributed by atoms with van der Waals surface area (Å²) in [5, 5.41) is 0.573. The maximum Gasteiger partial charge on any atom is 0.410 e. The Hall–Kier alpha value is -3.69. The van der Waals surface area contributed by atoms with E-state index in [0.717, 1.165) is 33.7 Å². The summed E-state index contributed by atoms with van der Waals surface area (Å²) in [4.78, 5) is 38.3. The number of halogens is 1. The van der Waals surface area contributed by atoms with Gasteiger partial charge in [0.1, 0.15) is 5.60 Å². The van der Waals surface area contributed by atoms with Gasteiger partial charge in [0.15, 0.2) is 6.10 Å². The molecule has 9 nitrogen and oxygen atoms in total. The van der Waals surface area contributed by atoms with Crippen LogP contribution in [0.15, 0.2) is 49.1 Å². The van der Waals surface area contributed by atoms with Gasteiger partial charge in [-0.3, -0.25) is 14.7 Å². The molecule has 1 saturated heterocycles. The summed E-state index contributed by atoms with van der Waals surface area (Å²) < 4.78 is 13.4. The van der Waals surface area contributed by atoms with Crippen LogP contribution < -0.4 is 0 Å². The van der Waals surface area contributed by atoms with Crippen molar-refractivity contribution < 1.29 is 19.1 Å². The molecule has 1 aromatic carbocycles. The number of ether oxygens (including phenoxy) is 2. The molecular formula is C30H34ClN5O4. The molecule has 1 fully saturated rings. The molecule has 1 amide bonds. The quantitative estimate of drug-likeness (QED) is 0.399. The highest BCUT2D eigenvalue weighted by Crippen LogP contribution is 2.45.